The number of carbonyl (C=O) groups is 3. The number of carboxylic acids is 2. The molecule has 0 spiro atoms. The molecule has 0 unspecified atom stereocenters. The van der Waals surface area contributed by atoms with Gasteiger partial charge in [-0.3, -0.25) is 4.79 Å². The van der Waals surface area contributed by atoms with Crippen molar-refractivity contribution >= 4 is 17.7 Å². The molecular weight excluding hydrogens is 284 g/mol. The minimum absolute atomic E-state index is 0.0186. The summed E-state index contributed by atoms with van der Waals surface area (Å²) in [6.45, 7) is 6.31. The van der Waals surface area contributed by atoms with Crippen molar-refractivity contribution in [3.8, 4) is 0 Å². The van der Waals surface area contributed by atoms with Crippen molar-refractivity contribution in [3.05, 3.63) is 47.0 Å². The van der Waals surface area contributed by atoms with Crippen LogP contribution in [0.15, 0.2) is 35.9 Å². The van der Waals surface area contributed by atoms with Crippen molar-refractivity contribution in [1.82, 2.24) is 0 Å². The Bertz CT molecular complexity index is 596. The van der Waals surface area contributed by atoms with Gasteiger partial charge in [0.1, 0.15) is 0 Å². The molecule has 0 amide bonds. The summed E-state index contributed by atoms with van der Waals surface area (Å²) in [5, 5.41) is 17.0. The van der Waals surface area contributed by atoms with E-state index in [9.17, 15) is 14.4 Å². The molecule has 0 radical (unpaired) electrons. The molecule has 0 fully saturated rings. The summed E-state index contributed by atoms with van der Waals surface area (Å²) < 4.78 is 0. The number of ketones is 1. The van der Waals surface area contributed by atoms with Crippen LogP contribution in [-0.2, 0) is 4.79 Å². The van der Waals surface area contributed by atoms with Crippen molar-refractivity contribution in [1.29, 1.82) is 0 Å². The Kier molecular flexibility index (Phi) is 5.63. The maximum atomic E-state index is 11.0. The average molecular weight is 304 g/mol. The number of rotatable bonds is 2. The lowest BCUT2D eigenvalue weighted by molar-refractivity contribution is -0.117. The van der Waals surface area contributed by atoms with Gasteiger partial charge in [0.2, 0.25) is 0 Å². The zero-order valence-electron chi connectivity index (χ0n) is 12.9. The average Bonchev–Trinajstić information content (AvgIpc) is 2.36. The number of allylic oxidation sites excluding steroid dienone is 2. The van der Waals surface area contributed by atoms with Gasteiger partial charge in [0.05, 0.1) is 11.1 Å². The normalized spacial score (nSPS) is 16.1. The number of aromatic carboxylic acids is 2. The molecule has 1 aliphatic rings. The molecule has 0 aliphatic heterocycles. The first-order chi connectivity index (χ1) is 10.1. The molecule has 0 aromatic heterocycles. The highest BCUT2D eigenvalue weighted by Crippen LogP contribution is 2.32. The van der Waals surface area contributed by atoms with Gasteiger partial charge in [-0.1, -0.05) is 25.5 Å². The molecule has 22 heavy (non-hydrogen) atoms. The lowest BCUT2D eigenvalue weighted by Gasteiger charge is -2.27. The van der Waals surface area contributed by atoms with E-state index in [1.165, 1.54) is 23.8 Å². The molecule has 5 heteroatoms. The first kappa shape index (κ1) is 17.6. The first-order valence-electron chi connectivity index (χ1n) is 6.87. The summed E-state index contributed by atoms with van der Waals surface area (Å²) in [5.41, 5.74) is 1.39. The largest absolute Gasteiger partial charge is 0.478 e. The molecule has 0 heterocycles. The van der Waals surface area contributed by atoms with E-state index in [4.69, 9.17) is 10.2 Å². The Morgan fingerprint density at radius 1 is 1.05 bits per heavy atom. The molecule has 2 N–H and O–H groups in total. The summed E-state index contributed by atoms with van der Waals surface area (Å²) >= 11 is 0. The third-order valence-electron chi connectivity index (χ3n) is 3.17. The molecule has 5 nitrogen and oxygen atoms in total. The number of hydrogen-bond donors (Lipinski definition) is 2. The van der Waals surface area contributed by atoms with Gasteiger partial charge in [-0.2, -0.15) is 0 Å². The van der Waals surface area contributed by atoms with Crippen LogP contribution in [-0.4, -0.2) is 27.9 Å². The van der Waals surface area contributed by atoms with E-state index in [-0.39, 0.29) is 22.3 Å². The number of benzene rings is 1. The van der Waals surface area contributed by atoms with Gasteiger partial charge in [0, 0.05) is 6.42 Å². The van der Waals surface area contributed by atoms with Crippen LogP contribution in [0.25, 0.3) is 0 Å². The monoisotopic (exact) mass is 304 g/mol. The van der Waals surface area contributed by atoms with E-state index in [0.717, 1.165) is 12.5 Å². The second-order valence-corrected chi connectivity index (χ2v) is 6.17. The van der Waals surface area contributed by atoms with Crippen molar-refractivity contribution in [2.45, 2.75) is 33.6 Å². The van der Waals surface area contributed by atoms with Crippen LogP contribution < -0.4 is 0 Å². The predicted molar refractivity (Wildman–Crippen MR) is 82.1 cm³/mol. The van der Waals surface area contributed by atoms with Crippen LogP contribution in [0, 0.1) is 5.41 Å². The molecule has 0 bridgehead atoms. The predicted octanol–water partition coefficient (Wildman–Crippen LogP) is 3.40. The van der Waals surface area contributed by atoms with Crippen molar-refractivity contribution < 1.29 is 24.6 Å². The van der Waals surface area contributed by atoms with Gasteiger partial charge in [-0.15, -0.1) is 0 Å². The molecule has 1 aliphatic carbocycles. The standard InChI is InChI=1S/C9H14O.C8H6O4/c1-7-4-8(10)6-9(2,3)5-7;9-7(10)5-2-1-3-6(4-5)8(11)12/h4H,5-6H2,1-3H3;1-4H,(H,9,10)(H,11,12). The highest BCUT2D eigenvalue weighted by molar-refractivity contribution is 5.93. The lowest BCUT2D eigenvalue weighted by atomic mass is 9.77. The Labute approximate surface area is 129 Å². The summed E-state index contributed by atoms with van der Waals surface area (Å²) in [6.07, 6.45) is 3.55. The number of carboxylic acid groups (broad SMARTS) is 2. The Hall–Kier alpha value is -2.43. The number of carbonyl (C=O) groups excluding carboxylic acids is 1. The van der Waals surface area contributed by atoms with Crippen molar-refractivity contribution in [3.63, 3.8) is 0 Å². The SMILES string of the molecule is CC1=CC(=O)CC(C)(C)C1.O=C(O)c1cccc(C(=O)O)c1. The van der Waals surface area contributed by atoms with Gasteiger partial charge in [-0.25, -0.2) is 9.59 Å². The van der Waals surface area contributed by atoms with E-state index in [1.807, 2.05) is 6.92 Å². The summed E-state index contributed by atoms with van der Waals surface area (Å²) in [7, 11) is 0. The maximum absolute atomic E-state index is 11.0. The van der Waals surface area contributed by atoms with E-state index < -0.39 is 11.9 Å². The third-order valence-corrected chi connectivity index (χ3v) is 3.17. The van der Waals surface area contributed by atoms with Crippen LogP contribution in [0.4, 0.5) is 0 Å². The molecular formula is C17H20O5. The molecule has 1 aromatic rings. The van der Waals surface area contributed by atoms with Crippen LogP contribution in [0.2, 0.25) is 0 Å². The van der Waals surface area contributed by atoms with Crippen molar-refractivity contribution in [2.75, 3.05) is 0 Å². The van der Waals surface area contributed by atoms with Crippen LogP contribution in [0.1, 0.15) is 54.3 Å². The maximum Gasteiger partial charge on any atom is 0.335 e. The summed E-state index contributed by atoms with van der Waals surface area (Å²) in [6, 6.07) is 5.20. The van der Waals surface area contributed by atoms with Gasteiger partial charge in [0.15, 0.2) is 5.78 Å². The van der Waals surface area contributed by atoms with Gasteiger partial charge in [-0.05, 0) is 43.0 Å². The first-order valence-corrected chi connectivity index (χ1v) is 6.87. The molecule has 0 saturated carbocycles. The van der Waals surface area contributed by atoms with Gasteiger partial charge in [0.25, 0.3) is 0 Å². The third kappa shape index (κ3) is 5.52. The zero-order valence-corrected chi connectivity index (χ0v) is 12.9. The fraction of sp³-hybridized carbons (Fsp3) is 0.353. The zero-order chi connectivity index (χ0) is 16.9. The van der Waals surface area contributed by atoms with E-state index in [1.54, 1.807) is 6.08 Å². The molecule has 2 rings (SSSR count). The van der Waals surface area contributed by atoms with Crippen LogP contribution in [0.5, 0.6) is 0 Å². The minimum Gasteiger partial charge on any atom is -0.478 e. The van der Waals surface area contributed by atoms with Gasteiger partial charge < -0.3 is 10.2 Å². The Balaban J connectivity index is 0.000000224. The van der Waals surface area contributed by atoms with E-state index in [2.05, 4.69) is 13.8 Å². The Morgan fingerprint density at radius 3 is 1.91 bits per heavy atom. The summed E-state index contributed by atoms with van der Waals surface area (Å²) in [5.74, 6) is -1.97. The smallest absolute Gasteiger partial charge is 0.335 e. The highest BCUT2D eigenvalue weighted by atomic mass is 16.4. The van der Waals surface area contributed by atoms with Crippen LogP contribution in [0.3, 0.4) is 0 Å². The fourth-order valence-electron chi connectivity index (χ4n) is 2.45. The molecule has 0 saturated heterocycles. The van der Waals surface area contributed by atoms with Crippen LogP contribution >= 0.6 is 0 Å². The second-order valence-electron chi connectivity index (χ2n) is 6.17. The fourth-order valence-corrected chi connectivity index (χ4v) is 2.45. The lowest BCUT2D eigenvalue weighted by Crippen LogP contribution is -2.20. The van der Waals surface area contributed by atoms with Crippen molar-refractivity contribution in [2.24, 2.45) is 5.41 Å². The molecule has 0 atom stereocenters. The van der Waals surface area contributed by atoms with E-state index in [0.29, 0.717) is 6.42 Å². The summed E-state index contributed by atoms with van der Waals surface area (Å²) in [4.78, 5) is 31.8. The Morgan fingerprint density at radius 2 is 1.55 bits per heavy atom. The minimum atomic E-state index is -1.13. The number of hydrogen-bond acceptors (Lipinski definition) is 3. The molecule has 1 aromatic carbocycles. The quantitative estimate of drug-likeness (QED) is 0.873. The second kappa shape index (κ2) is 7.02. The van der Waals surface area contributed by atoms with E-state index >= 15 is 0 Å². The highest BCUT2D eigenvalue weighted by Gasteiger charge is 2.25. The topological polar surface area (TPSA) is 91.7 Å². The molecule has 118 valence electrons. The van der Waals surface area contributed by atoms with Gasteiger partial charge >= 0.3 is 11.9 Å².